The summed E-state index contributed by atoms with van der Waals surface area (Å²) in [6.07, 6.45) is 1.10. The molecule has 0 aliphatic carbocycles. The predicted octanol–water partition coefficient (Wildman–Crippen LogP) is 4.70. The Morgan fingerprint density at radius 2 is 1.53 bits per heavy atom. The quantitative estimate of drug-likeness (QED) is 0.694. The maximum Gasteiger partial charge on any atom is 0.282 e. The third kappa shape index (κ3) is 3.53. The van der Waals surface area contributed by atoms with Gasteiger partial charge >= 0.3 is 0 Å². The molecule has 4 nitrogen and oxygen atoms in total. The molecule has 2 amide bonds. The number of piperidine rings is 1. The van der Waals surface area contributed by atoms with Crippen molar-refractivity contribution in [2.75, 3.05) is 18.0 Å². The lowest BCUT2D eigenvalue weighted by atomic mass is 9.90. The number of likely N-dealkylation sites (tertiary alicyclic amines) is 1. The summed E-state index contributed by atoms with van der Waals surface area (Å²) in [5, 5.41) is 0. The largest absolute Gasteiger partial charge is 0.366 e. The van der Waals surface area contributed by atoms with Crippen molar-refractivity contribution in [3.05, 3.63) is 70.7 Å². The highest BCUT2D eigenvalue weighted by Gasteiger charge is 2.44. The van der Waals surface area contributed by atoms with Gasteiger partial charge in [0, 0.05) is 13.1 Å². The van der Waals surface area contributed by atoms with Crippen LogP contribution in [0.15, 0.2) is 48.2 Å². The van der Waals surface area contributed by atoms with Crippen LogP contribution in [0.25, 0.3) is 5.57 Å². The molecule has 2 unspecified atom stereocenters. The topological polar surface area (TPSA) is 40.6 Å². The molecule has 0 aromatic heterocycles. The van der Waals surface area contributed by atoms with Gasteiger partial charge in [0.05, 0.1) is 11.3 Å². The highest BCUT2D eigenvalue weighted by Crippen LogP contribution is 2.38. The van der Waals surface area contributed by atoms with Gasteiger partial charge in [-0.25, -0.2) is 9.29 Å². The van der Waals surface area contributed by atoms with Gasteiger partial charge in [-0.1, -0.05) is 37.6 Å². The van der Waals surface area contributed by atoms with Gasteiger partial charge < -0.3 is 4.90 Å². The second kappa shape index (κ2) is 7.71. The smallest absolute Gasteiger partial charge is 0.282 e. The summed E-state index contributed by atoms with van der Waals surface area (Å²) in [4.78, 5) is 30.4. The first kappa shape index (κ1) is 20.3. The maximum atomic E-state index is 13.6. The van der Waals surface area contributed by atoms with Crippen molar-refractivity contribution in [1.29, 1.82) is 0 Å². The molecular weight excluding hydrogens is 379 g/mol. The van der Waals surface area contributed by atoms with Crippen molar-refractivity contribution in [2.24, 2.45) is 11.8 Å². The van der Waals surface area contributed by atoms with E-state index in [0.29, 0.717) is 28.8 Å². The molecule has 0 radical (unpaired) electrons. The van der Waals surface area contributed by atoms with Gasteiger partial charge in [0.15, 0.2) is 0 Å². The molecule has 4 rings (SSSR count). The zero-order chi connectivity index (χ0) is 21.6. The minimum absolute atomic E-state index is 0.331. The van der Waals surface area contributed by atoms with Crippen LogP contribution in [0.3, 0.4) is 0 Å². The molecule has 1 fully saturated rings. The lowest BCUT2D eigenvalue weighted by Gasteiger charge is -2.37. The number of benzene rings is 2. The minimum atomic E-state index is -0.403. The van der Waals surface area contributed by atoms with Crippen LogP contribution in [0.5, 0.6) is 0 Å². The Balaban J connectivity index is 1.86. The molecule has 0 bridgehead atoms. The van der Waals surface area contributed by atoms with E-state index in [4.69, 9.17) is 0 Å². The van der Waals surface area contributed by atoms with Crippen LogP contribution in [0, 0.1) is 31.5 Å². The Kier molecular flexibility index (Phi) is 5.22. The average molecular weight is 407 g/mol. The Hall–Kier alpha value is -2.95. The minimum Gasteiger partial charge on any atom is -0.366 e. The zero-order valence-electron chi connectivity index (χ0n) is 17.9. The molecule has 1 saturated heterocycles. The highest BCUT2D eigenvalue weighted by atomic mass is 19.1. The molecule has 2 aliphatic rings. The normalized spacial score (nSPS) is 22.3. The van der Waals surface area contributed by atoms with Crippen molar-refractivity contribution in [3.8, 4) is 0 Å². The Bertz CT molecular complexity index is 1030. The molecule has 2 aliphatic heterocycles. The lowest BCUT2D eigenvalue weighted by Crippen LogP contribution is -2.42. The number of anilines is 1. The third-order valence-electron chi connectivity index (χ3n) is 5.98. The monoisotopic (exact) mass is 406 g/mol. The van der Waals surface area contributed by atoms with Crippen molar-refractivity contribution in [3.63, 3.8) is 0 Å². The van der Waals surface area contributed by atoms with Crippen LogP contribution >= 0.6 is 0 Å². The fraction of sp³-hybridized carbons (Fsp3) is 0.360. The number of rotatable bonds is 3. The van der Waals surface area contributed by atoms with Gasteiger partial charge in [-0.3, -0.25) is 9.59 Å². The fourth-order valence-electron chi connectivity index (χ4n) is 4.82. The van der Waals surface area contributed by atoms with E-state index in [1.807, 2.05) is 32.0 Å². The maximum absolute atomic E-state index is 13.6. The summed E-state index contributed by atoms with van der Waals surface area (Å²) in [7, 11) is 0. The van der Waals surface area contributed by atoms with E-state index in [9.17, 15) is 14.0 Å². The third-order valence-corrected chi connectivity index (χ3v) is 5.98. The van der Waals surface area contributed by atoms with Crippen LogP contribution in [-0.2, 0) is 9.59 Å². The number of carbonyl (C=O) groups is 2. The van der Waals surface area contributed by atoms with E-state index in [0.717, 1.165) is 36.2 Å². The van der Waals surface area contributed by atoms with E-state index in [1.54, 1.807) is 0 Å². The Morgan fingerprint density at radius 1 is 0.900 bits per heavy atom. The standard InChI is InChI=1S/C25H27FN2O2/c1-15-5-10-21(18(4)12-15)22-23(27-13-16(2)11-17(3)14-27)25(30)28(24(22)29)20-8-6-19(26)7-9-20/h5-10,12,16-17H,11,13-14H2,1-4H3. The zero-order valence-corrected chi connectivity index (χ0v) is 17.9. The molecule has 30 heavy (non-hydrogen) atoms. The molecule has 5 heteroatoms. The number of nitrogens with zero attached hydrogens (tertiary/aromatic N) is 2. The number of aryl methyl sites for hydroxylation is 2. The van der Waals surface area contributed by atoms with E-state index in [2.05, 4.69) is 18.7 Å². The molecule has 0 spiro atoms. The van der Waals surface area contributed by atoms with E-state index in [1.165, 1.54) is 29.2 Å². The number of imide groups is 1. The lowest BCUT2D eigenvalue weighted by molar-refractivity contribution is -0.120. The number of halogens is 1. The van der Waals surface area contributed by atoms with Crippen molar-refractivity contribution < 1.29 is 14.0 Å². The first-order chi connectivity index (χ1) is 14.3. The van der Waals surface area contributed by atoms with Gasteiger partial charge in [0.2, 0.25) is 0 Å². The van der Waals surface area contributed by atoms with Gasteiger partial charge in [-0.05, 0) is 67.5 Å². The van der Waals surface area contributed by atoms with Crippen molar-refractivity contribution in [2.45, 2.75) is 34.1 Å². The summed E-state index contributed by atoms with van der Waals surface area (Å²) in [5.41, 5.74) is 4.15. The van der Waals surface area contributed by atoms with E-state index >= 15 is 0 Å². The Labute approximate surface area is 177 Å². The second-order valence-electron chi connectivity index (χ2n) is 8.82. The van der Waals surface area contributed by atoms with Crippen molar-refractivity contribution in [1.82, 2.24) is 4.90 Å². The molecule has 2 atom stereocenters. The van der Waals surface area contributed by atoms with Crippen LogP contribution in [0.4, 0.5) is 10.1 Å². The van der Waals surface area contributed by atoms with Crippen LogP contribution in [-0.4, -0.2) is 29.8 Å². The second-order valence-corrected chi connectivity index (χ2v) is 8.82. The number of amides is 2. The van der Waals surface area contributed by atoms with Crippen LogP contribution in [0.1, 0.15) is 37.0 Å². The van der Waals surface area contributed by atoms with Gasteiger partial charge in [0.25, 0.3) is 11.8 Å². The molecule has 2 heterocycles. The first-order valence-corrected chi connectivity index (χ1v) is 10.5. The number of hydrogen-bond donors (Lipinski definition) is 0. The summed E-state index contributed by atoms with van der Waals surface area (Å²) >= 11 is 0. The van der Waals surface area contributed by atoms with Crippen LogP contribution in [0.2, 0.25) is 0 Å². The van der Waals surface area contributed by atoms with E-state index in [-0.39, 0.29) is 11.8 Å². The highest BCUT2D eigenvalue weighted by molar-refractivity contribution is 6.45. The molecule has 2 aromatic carbocycles. The number of hydrogen-bond acceptors (Lipinski definition) is 3. The predicted molar refractivity (Wildman–Crippen MR) is 116 cm³/mol. The molecule has 2 aromatic rings. The van der Waals surface area contributed by atoms with Gasteiger partial charge in [0.1, 0.15) is 11.5 Å². The van der Waals surface area contributed by atoms with Gasteiger partial charge in [-0.2, -0.15) is 0 Å². The van der Waals surface area contributed by atoms with Crippen LogP contribution < -0.4 is 4.90 Å². The Morgan fingerprint density at radius 3 is 2.13 bits per heavy atom. The summed E-state index contributed by atoms with van der Waals surface area (Å²) in [5.74, 6) is -0.213. The van der Waals surface area contributed by atoms with Gasteiger partial charge in [-0.15, -0.1) is 0 Å². The number of carbonyl (C=O) groups excluding carboxylic acids is 2. The first-order valence-electron chi connectivity index (χ1n) is 10.5. The summed E-state index contributed by atoms with van der Waals surface area (Å²) in [6.45, 7) is 9.81. The summed E-state index contributed by atoms with van der Waals surface area (Å²) < 4.78 is 13.4. The molecule has 156 valence electrons. The molecular formula is C25H27FN2O2. The molecule has 0 N–H and O–H groups in total. The summed E-state index contributed by atoms with van der Waals surface area (Å²) in [6, 6.07) is 11.4. The average Bonchev–Trinajstić information content (AvgIpc) is 2.92. The molecule has 0 saturated carbocycles. The SMILES string of the molecule is Cc1ccc(C2=C(N3CC(C)CC(C)C3)C(=O)N(c3ccc(F)cc3)C2=O)c(C)c1. The fourth-order valence-corrected chi connectivity index (χ4v) is 4.82. The van der Waals surface area contributed by atoms with Crippen molar-refractivity contribution >= 4 is 23.1 Å². The van der Waals surface area contributed by atoms with E-state index < -0.39 is 5.82 Å².